The lowest BCUT2D eigenvalue weighted by Gasteiger charge is -2.27. The van der Waals surface area contributed by atoms with Gasteiger partial charge in [0.2, 0.25) is 0 Å². The Morgan fingerprint density at radius 2 is 1.82 bits per heavy atom. The van der Waals surface area contributed by atoms with Crippen LogP contribution in [0.15, 0.2) is 65.2 Å². The Bertz CT molecular complexity index is 1230. The molecular formula is C21H19N3O3S. The molecule has 0 saturated heterocycles. The number of hydrogen-bond acceptors (Lipinski definition) is 5. The van der Waals surface area contributed by atoms with Crippen LogP contribution in [0.4, 0.5) is 5.82 Å². The number of allylic oxidation sites excluding steroid dienone is 2. The van der Waals surface area contributed by atoms with Gasteiger partial charge in [-0.05, 0) is 25.1 Å². The molecule has 2 aliphatic heterocycles. The number of rotatable bonds is 2. The van der Waals surface area contributed by atoms with Gasteiger partial charge in [0, 0.05) is 23.2 Å². The summed E-state index contributed by atoms with van der Waals surface area (Å²) < 4.78 is 27.6. The first kappa shape index (κ1) is 17.1. The van der Waals surface area contributed by atoms with E-state index in [4.69, 9.17) is 5.10 Å². The zero-order chi connectivity index (χ0) is 19.5. The van der Waals surface area contributed by atoms with Gasteiger partial charge in [0.25, 0.3) is 0 Å². The second-order valence-corrected chi connectivity index (χ2v) is 9.20. The first-order valence-corrected chi connectivity index (χ1v) is 10.8. The van der Waals surface area contributed by atoms with E-state index in [0.717, 1.165) is 22.8 Å². The highest BCUT2D eigenvalue weighted by Gasteiger charge is 2.44. The average Bonchev–Trinajstić information content (AvgIpc) is 3.18. The average molecular weight is 393 g/mol. The number of hydrogen-bond donors (Lipinski definition) is 2. The topological polar surface area (TPSA) is 84.2 Å². The Hall–Kier alpha value is -3.06. The van der Waals surface area contributed by atoms with E-state index in [1.165, 1.54) is 0 Å². The number of aromatic nitrogens is 2. The maximum absolute atomic E-state index is 12.9. The summed E-state index contributed by atoms with van der Waals surface area (Å²) in [6.07, 6.45) is 0.431. The highest BCUT2D eigenvalue weighted by atomic mass is 32.2. The van der Waals surface area contributed by atoms with E-state index < -0.39 is 15.8 Å². The number of anilines is 1. The summed E-state index contributed by atoms with van der Waals surface area (Å²) >= 11 is 0. The quantitative estimate of drug-likeness (QED) is 0.696. The first-order valence-electron chi connectivity index (χ1n) is 9.13. The molecule has 0 radical (unpaired) electrons. The molecule has 1 aromatic heterocycles. The molecule has 2 N–H and O–H groups in total. The van der Waals surface area contributed by atoms with Crippen LogP contribution in [0.1, 0.15) is 29.2 Å². The molecule has 7 heteroatoms. The van der Waals surface area contributed by atoms with Crippen molar-refractivity contribution in [3.05, 3.63) is 82.0 Å². The molecule has 6 nitrogen and oxygen atoms in total. The zero-order valence-corrected chi connectivity index (χ0v) is 16.1. The summed E-state index contributed by atoms with van der Waals surface area (Å²) in [4.78, 5) is 0.359. The molecule has 0 saturated carbocycles. The van der Waals surface area contributed by atoms with Crippen LogP contribution in [0.5, 0.6) is 5.75 Å². The van der Waals surface area contributed by atoms with E-state index in [-0.39, 0.29) is 11.5 Å². The van der Waals surface area contributed by atoms with E-state index in [1.807, 2.05) is 48.0 Å². The summed E-state index contributed by atoms with van der Waals surface area (Å²) in [6.45, 7) is 1.88. The van der Waals surface area contributed by atoms with E-state index >= 15 is 0 Å². The molecule has 3 heterocycles. The van der Waals surface area contributed by atoms with Gasteiger partial charge in [0.05, 0.1) is 28.0 Å². The third-order valence-electron chi connectivity index (χ3n) is 5.43. The lowest BCUT2D eigenvalue weighted by atomic mass is 9.87. The summed E-state index contributed by atoms with van der Waals surface area (Å²) in [5.74, 6) is 0.350. The number of nitrogens with one attached hydrogen (secondary N) is 1. The molecule has 1 atom stereocenters. The molecule has 0 aliphatic carbocycles. The Morgan fingerprint density at radius 1 is 1.11 bits per heavy atom. The SMILES string of the molecule is Cc1nn(-c2ccccc2)c2c1C(c1ccccc1O)C1=C(CCS1(=O)=O)N2. The van der Waals surface area contributed by atoms with E-state index in [2.05, 4.69) is 5.32 Å². The third-order valence-corrected chi connectivity index (χ3v) is 7.32. The fourth-order valence-electron chi connectivity index (χ4n) is 4.20. The molecule has 0 fully saturated rings. The molecule has 2 aromatic carbocycles. The third kappa shape index (κ3) is 2.39. The van der Waals surface area contributed by atoms with Gasteiger partial charge in [-0.15, -0.1) is 0 Å². The lowest BCUT2D eigenvalue weighted by molar-refractivity contribution is 0.467. The van der Waals surface area contributed by atoms with Gasteiger partial charge < -0.3 is 10.4 Å². The highest BCUT2D eigenvalue weighted by Crippen LogP contribution is 2.50. The van der Waals surface area contributed by atoms with Crippen LogP contribution in [0, 0.1) is 6.92 Å². The maximum Gasteiger partial charge on any atom is 0.177 e. The minimum Gasteiger partial charge on any atom is -0.508 e. The van der Waals surface area contributed by atoms with Crippen molar-refractivity contribution >= 4 is 15.7 Å². The standard InChI is InChI=1S/C21H19N3O3S/c1-13-18-19(15-9-5-6-10-17(15)25)20-16(11-12-28(20,26)27)22-21(18)24(23-13)14-7-3-2-4-8-14/h2-10,19,22,25H,11-12H2,1H3. The molecule has 1 unspecified atom stereocenters. The molecule has 28 heavy (non-hydrogen) atoms. The van der Waals surface area contributed by atoms with Gasteiger partial charge in [-0.3, -0.25) is 0 Å². The van der Waals surface area contributed by atoms with Gasteiger partial charge in [0.1, 0.15) is 11.6 Å². The Balaban J connectivity index is 1.81. The predicted octanol–water partition coefficient (Wildman–Crippen LogP) is 3.47. The van der Waals surface area contributed by atoms with Crippen molar-refractivity contribution in [3.8, 4) is 11.4 Å². The Kier molecular flexibility index (Phi) is 3.64. The normalized spacial score (nSPS) is 19.8. The Morgan fingerprint density at radius 3 is 2.57 bits per heavy atom. The van der Waals surface area contributed by atoms with Crippen molar-refractivity contribution in [2.24, 2.45) is 0 Å². The molecule has 5 rings (SSSR count). The van der Waals surface area contributed by atoms with Crippen molar-refractivity contribution in [2.45, 2.75) is 19.3 Å². The largest absolute Gasteiger partial charge is 0.508 e. The van der Waals surface area contributed by atoms with Crippen LogP contribution in [0.2, 0.25) is 0 Å². The lowest BCUT2D eigenvalue weighted by Crippen LogP contribution is -2.21. The van der Waals surface area contributed by atoms with Gasteiger partial charge in [-0.1, -0.05) is 36.4 Å². The monoisotopic (exact) mass is 393 g/mol. The van der Waals surface area contributed by atoms with Crippen LogP contribution in [-0.2, 0) is 9.84 Å². The summed E-state index contributed by atoms with van der Waals surface area (Å²) in [7, 11) is -3.41. The second kappa shape index (κ2) is 5.97. The summed E-state index contributed by atoms with van der Waals surface area (Å²) in [5.41, 5.74) is 3.68. The van der Waals surface area contributed by atoms with Gasteiger partial charge in [0.15, 0.2) is 9.84 Å². The minimum absolute atomic E-state index is 0.0802. The number of para-hydroxylation sites is 2. The number of aryl methyl sites for hydroxylation is 1. The first-order chi connectivity index (χ1) is 13.5. The number of fused-ring (bicyclic) bond motifs is 1. The van der Waals surface area contributed by atoms with Crippen LogP contribution >= 0.6 is 0 Å². The van der Waals surface area contributed by atoms with Crippen molar-refractivity contribution in [1.82, 2.24) is 9.78 Å². The van der Waals surface area contributed by atoms with Crippen LogP contribution in [0.3, 0.4) is 0 Å². The molecule has 0 spiro atoms. The fraction of sp³-hybridized carbons (Fsp3) is 0.190. The number of nitrogens with zero attached hydrogens (tertiary/aromatic N) is 2. The van der Waals surface area contributed by atoms with E-state index in [0.29, 0.717) is 22.6 Å². The van der Waals surface area contributed by atoms with Gasteiger partial charge in [-0.2, -0.15) is 5.10 Å². The molecule has 2 aliphatic rings. The van der Waals surface area contributed by atoms with Crippen LogP contribution in [0.25, 0.3) is 5.69 Å². The highest BCUT2D eigenvalue weighted by molar-refractivity contribution is 7.95. The molecule has 142 valence electrons. The molecule has 0 bridgehead atoms. The summed E-state index contributed by atoms with van der Waals surface area (Å²) in [5, 5.41) is 18.6. The number of phenolic OH excluding ortho intramolecular Hbond substituents is 1. The molecule has 0 amide bonds. The second-order valence-electron chi connectivity index (χ2n) is 7.12. The van der Waals surface area contributed by atoms with E-state index in [9.17, 15) is 13.5 Å². The maximum atomic E-state index is 12.9. The molecular weight excluding hydrogens is 374 g/mol. The smallest absolute Gasteiger partial charge is 0.177 e. The predicted molar refractivity (Wildman–Crippen MR) is 107 cm³/mol. The van der Waals surface area contributed by atoms with E-state index in [1.54, 1.807) is 18.2 Å². The Labute approximate surface area is 163 Å². The van der Waals surface area contributed by atoms with Crippen molar-refractivity contribution in [2.75, 3.05) is 11.1 Å². The van der Waals surface area contributed by atoms with Gasteiger partial charge >= 0.3 is 0 Å². The number of phenols is 1. The fourth-order valence-corrected chi connectivity index (χ4v) is 6.02. The van der Waals surface area contributed by atoms with Crippen LogP contribution < -0.4 is 5.32 Å². The van der Waals surface area contributed by atoms with Crippen LogP contribution in [-0.4, -0.2) is 29.1 Å². The minimum atomic E-state index is -3.41. The molecule has 3 aromatic rings. The van der Waals surface area contributed by atoms with Crippen molar-refractivity contribution < 1.29 is 13.5 Å². The van der Waals surface area contributed by atoms with Gasteiger partial charge in [-0.25, -0.2) is 13.1 Å². The zero-order valence-electron chi connectivity index (χ0n) is 15.3. The number of sulfone groups is 1. The van der Waals surface area contributed by atoms with Crippen molar-refractivity contribution in [1.29, 1.82) is 0 Å². The summed E-state index contributed by atoms with van der Waals surface area (Å²) in [6, 6.07) is 16.7. The number of benzene rings is 2. The number of aromatic hydroxyl groups is 1. The van der Waals surface area contributed by atoms with Crippen molar-refractivity contribution in [3.63, 3.8) is 0 Å².